The second kappa shape index (κ2) is 8.13. The molecular weight excluding hydrogens is 288 g/mol. The predicted octanol–water partition coefficient (Wildman–Crippen LogP) is 2.04. The molecule has 0 aromatic heterocycles. The summed E-state index contributed by atoms with van der Waals surface area (Å²) in [5.41, 5.74) is 0.889. The highest BCUT2D eigenvalue weighted by molar-refractivity contribution is 7.88. The molecule has 0 spiro atoms. The van der Waals surface area contributed by atoms with Gasteiger partial charge in [0.2, 0.25) is 10.0 Å². The number of sulfonamides is 1. The van der Waals surface area contributed by atoms with E-state index < -0.39 is 10.0 Å². The van der Waals surface area contributed by atoms with Gasteiger partial charge in [0, 0.05) is 12.6 Å². The van der Waals surface area contributed by atoms with Gasteiger partial charge in [0.25, 0.3) is 0 Å². The van der Waals surface area contributed by atoms with Gasteiger partial charge in [-0.25, -0.2) is 13.1 Å². The molecule has 0 aliphatic carbocycles. The van der Waals surface area contributed by atoms with Gasteiger partial charge in [-0.3, -0.25) is 0 Å². The molecule has 1 atom stereocenters. The Bertz CT molecular complexity index is 591. The molecule has 6 heteroatoms. The van der Waals surface area contributed by atoms with Crippen LogP contribution in [0.25, 0.3) is 0 Å². The molecule has 5 nitrogen and oxygen atoms in total. The van der Waals surface area contributed by atoms with Crippen LogP contribution in [0.1, 0.15) is 31.9 Å². The van der Waals surface area contributed by atoms with Crippen molar-refractivity contribution in [2.75, 3.05) is 13.2 Å². The van der Waals surface area contributed by atoms with Crippen LogP contribution in [0.3, 0.4) is 0 Å². The molecule has 0 fully saturated rings. The monoisotopic (exact) mass is 310 g/mol. The Hall–Kier alpha value is -1.42. The lowest BCUT2D eigenvalue weighted by atomic mass is 10.1. The third-order valence-electron chi connectivity index (χ3n) is 3.12. The fourth-order valence-electron chi connectivity index (χ4n) is 1.84. The first-order chi connectivity index (χ1) is 9.89. The average Bonchev–Trinajstić information content (AvgIpc) is 2.43. The van der Waals surface area contributed by atoms with Crippen molar-refractivity contribution in [2.24, 2.45) is 5.92 Å². The van der Waals surface area contributed by atoms with E-state index in [-0.39, 0.29) is 17.7 Å². The first-order valence-corrected chi connectivity index (χ1v) is 8.60. The Morgan fingerprint density at radius 2 is 2.00 bits per heavy atom. The molecule has 0 heterocycles. The van der Waals surface area contributed by atoms with Crippen molar-refractivity contribution in [1.29, 1.82) is 5.26 Å². The van der Waals surface area contributed by atoms with Crippen LogP contribution in [0.15, 0.2) is 24.3 Å². The van der Waals surface area contributed by atoms with Crippen molar-refractivity contribution in [3.05, 3.63) is 35.4 Å². The third-order valence-corrected chi connectivity index (χ3v) is 4.47. The standard InChI is InChI=1S/C15H22N2O3S/c1-4-20-10-15(12(2)3)17-21(18,19)11-14-8-6-5-7-13(14)9-16/h5-8,12,15,17H,4,10-11H2,1-3H3. The fraction of sp³-hybridized carbons (Fsp3) is 0.533. The zero-order valence-electron chi connectivity index (χ0n) is 12.7. The van der Waals surface area contributed by atoms with Crippen molar-refractivity contribution >= 4 is 10.0 Å². The summed E-state index contributed by atoms with van der Waals surface area (Å²) in [6, 6.07) is 8.46. The first kappa shape index (κ1) is 17.6. The molecule has 116 valence electrons. The number of nitrogens with zero attached hydrogens (tertiary/aromatic N) is 1. The zero-order chi connectivity index (χ0) is 15.9. The summed E-state index contributed by atoms with van der Waals surface area (Å²) >= 11 is 0. The van der Waals surface area contributed by atoms with Crippen LogP contribution in [0.2, 0.25) is 0 Å². The van der Waals surface area contributed by atoms with Crippen LogP contribution in [0.4, 0.5) is 0 Å². The van der Waals surface area contributed by atoms with E-state index in [1.807, 2.05) is 26.8 Å². The minimum atomic E-state index is -3.52. The van der Waals surface area contributed by atoms with Crippen LogP contribution in [0.5, 0.6) is 0 Å². The second-order valence-corrected chi connectivity index (χ2v) is 6.91. The molecule has 0 saturated heterocycles. The van der Waals surface area contributed by atoms with Crippen LogP contribution in [-0.4, -0.2) is 27.7 Å². The van der Waals surface area contributed by atoms with Gasteiger partial charge in [-0.1, -0.05) is 32.0 Å². The molecule has 1 aromatic rings. The van der Waals surface area contributed by atoms with Crippen LogP contribution < -0.4 is 4.72 Å². The van der Waals surface area contributed by atoms with Gasteiger partial charge in [-0.05, 0) is 24.5 Å². The molecule has 0 radical (unpaired) electrons. The van der Waals surface area contributed by atoms with Crippen molar-refractivity contribution < 1.29 is 13.2 Å². The maximum Gasteiger partial charge on any atom is 0.216 e. The predicted molar refractivity (Wildman–Crippen MR) is 82.0 cm³/mol. The quantitative estimate of drug-likeness (QED) is 0.797. The second-order valence-electron chi connectivity index (χ2n) is 5.16. The third kappa shape index (κ3) is 5.84. The normalized spacial score (nSPS) is 13.1. The summed E-state index contributed by atoms with van der Waals surface area (Å²) in [7, 11) is -3.52. The summed E-state index contributed by atoms with van der Waals surface area (Å²) in [4.78, 5) is 0. The molecule has 0 aliphatic rings. The van der Waals surface area contributed by atoms with E-state index >= 15 is 0 Å². The number of nitrogens with one attached hydrogen (secondary N) is 1. The fourth-order valence-corrected chi connectivity index (χ4v) is 3.39. The minimum absolute atomic E-state index is 0.123. The van der Waals surface area contributed by atoms with E-state index in [9.17, 15) is 8.42 Å². The lowest BCUT2D eigenvalue weighted by Gasteiger charge is -2.22. The Morgan fingerprint density at radius 3 is 2.57 bits per heavy atom. The van der Waals surface area contributed by atoms with Crippen molar-refractivity contribution in [3.8, 4) is 6.07 Å². The van der Waals surface area contributed by atoms with Gasteiger partial charge >= 0.3 is 0 Å². The van der Waals surface area contributed by atoms with Crippen LogP contribution >= 0.6 is 0 Å². The summed E-state index contributed by atoms with van der Waals surface area (Å²) in [5, 5.41) is 9.02. The summed E-state index contributed by atoms with van der Waals surface area (Å²) in [5.74, 6) is -0.0796. The smallest absolute Gasteiger partial charge is 0.216 e. The lowest BCUT2D eigenvalue weighted by molar-refractivity contribution is 0.116. The van der Waals surface area contributed by atoms with E-state index in [0.717, 1.165) is 0 Å². The van der Waals surface area contributed by atoms with E-state index in [1.165, 1.54) is 0 Å². The average molecular weight is 310 g/mol. The van der Waals surface area contributed by atoms with Gasteiger partial charge in [-0.2, -0.15) is 5.26 Å². The first-order valence-electron chi connectivity index (χ1n) is 6.95. The largest absolute Gasteiger partial charge is 0.380 e. The number of nitriles is 1. The lowest BCUT2D eigenvalue weighted by Crippen LogP contribution is -2.42. The summed E-state index contributed by atoms with van der Waals surface area (Å²) in [6.45, 7) is 6.63. The Labute approximate surface area is 127 Å². The molecule has 1 aromatic carbocycles. The van der Waals surface area contributed by atoms with E-state index in [1.54, 1.807) is 24.3 Å². The van der Waals surface area contributed by atoms with E-state index in [4.69, 9.17) is 10.00 Å². The summed E-state index contributed by atoms with van der Waals surface area (Å²) < 4.78 is 32.5. The Morgan fingerprint density at radius 1 is 1.33 bits per heavy atom. The highest BCUT2D eigenvalue weighted by Gasteiger charge is 2.22. The molecular formula is C15H22N2O3S. The molecule has 1 unspecified atom stereocenters. The maximum atomic E-state index is 12.3. The minimum Gasteiger partial charge on any atom is -0.380 e. The number of ether oxygens (including phenoxy) is 1. The molecule has 0 aliphatic heterocycles. The highest BCUT2D eigenvalue weighted by Crippen LogP contribution is 2.12. The van der Waals surface area contributed by atoms with Gasteiger partial charge < -0.3 is 4.74 Å². The number of hydrogen-bond donors (Lipinski definition) is 1. The number of rotatable bonds is 8. The molecule has 21 heavy (non-hydrogen) atoms. The Kier molecular flexibility index (Phi) is 6.82. The van der Waals surface area contributed by atoms with Crippen molar-refractivity contribution in [2.45, 2.75) is 32.6 Å². The zero-order valence-corrected chi connectivity index (χ0v) is 13.5. The van der Waals surface area contributed by atoms with Crippen LogP contribution in [0, 0.1) is 17.2 Å². The van der Waals surface area contributed by atoms with Gasteiger partial charge in [0.1, 0.15) is 0 Å². The molecule has 1 rings (SSSR count). The maximum absolute atomic E-state index is 12.3. The summed E-state index contributed by atoms with van der Waals surface area (Å²) in [6.07, 6.45) is 0. The van der Waals surface area contributed by atoms with E-state index in [0.29, 0.717) is 24.3 Å². The number of hydrogen-bond acceptors (Lipinski definition) is 4. The van der Waals surface area contributed by atoms with Crippen molar-refractivity contribution in [1.82, 2.24) is 4.72 Å². The van der Waals surface area contributed by atoms with Gasteiger partial charge in [0.15, 0.2) is 0 Å². The van der Waals surface area contributed by atoms with E-state index in [2.05, 4.69) is 4.72 Å². The van der Waals surface area contributed by atoms with Crippen LogP contribution in [-0.2, 0) is 20.5 Å². The molecule has 0 saturated carbocycles. The Balaban J connectivity index is 2.83. The number of benzene rings is 1. The van der Waals surface area contributed by atoms with Gasteiger partial charge in [0.05, 0.1) is 24.0 Å². The van der Waals surface area contributed by atoms with Crippen molar-refractivity contribution in [3.63, 3.8) is 0 Å². The molecule has 0 amide bonds. The SMILES string of the molecule is CCOCC(NS(=O)(=O)Cc1ccccc1C#N)C(C)C. The topological polar surface area (TPSA) is 79.2 Å². The molecule has 1 N–H and O–H groups in total. The van der Waals surface area contributed by atoms with Gasteiger partial charge in [-0.15, -0.1) is 0 Å². The highest BCUT2D eigenvalue weighted by atomic mass is 32.2. The molecule has 0 bridgehead atoms.